The smallest absolute Gasteiger partial charge is 0.338 e. The number of rotatable bonds is 5. The van der Waals surface area contributed by atoms with Crippen LogP contribution in [0.3, 0.4) is 0 Å². The molecule has 0 saturated heterocycles. The van der Waals surface area contributed by atoms with Crippen LogP contribution in [-0.2, 0) is 9.53 Å². The molecule has 0 radical (unpaired) electrons. The average molecular weight is 358 g/mol. The Morgan fingerprint density at radius 2 is 1.85 bits per heavy atom. The Morgan fingerprint density at radius 3 is 2.50 bits per heavy atom. The summed E-state index contributed by atoms with van der Waals surface area (Å²) in [5.74, 6) is 0.393. The van der Waals surface area contributed by atoms with Gasteiger partial charge in [-0.05, 0) is 57.2 Å². The van der Waals surface area contributed by atoms with E-state index in [1.54, 1.807) is 6.92 Å². The number of hydrogen-bond acceptors (Lipinski definition) is 4. The van der Waals surface area contributed by atoms with Crippen LogP contribution in [0.5, 0.6) is 5.75 Å². The zero-order chi connectivity index (χ0) is 18.5. The van der Waals surface area contributed by atoms with Gasteiger partial charge in [0.25, 0.3) is 0 Å². The van der Waals surface area contributed by atoms with Gasteiger partial charge in [0.05, 0.1) is 18.2 Å². The van der Waals surface area contributed by atoms with Gasteiger partial charge in [0.15, 0.2) is 0 Å². The van der Waals surface area contributed by atoms with Gasteiger partial charge < -0.3 is 20.1 Å². The van der Waals surface area contributed by atoms with Crippen molar-refractivity contribution in [3.05, 3.63) is 41.1 Å². The van der Waals surface area contributed by atoms with E-state index in [1.165, 1.54) is 6.42 Å². The third-order valence-electron chi connectivity index (χ3n) is 4.84. The molecule has 6 nitrogen and oxygen atoms in total. The molecule has 1 saturated carbocycles. The first-order valence-electron chi connectivity index (χ1n) is 9.30. The van der Waals surface area contributed by atoms with Crippen molar-refractivity contribution in [2.24, 2.45) is 0 Å². The fourth-order valence-corrected chi connectivity index (χ4v) is 3.54. The topological polar surface area (TPSA) is 76.7 Å². The Hall–Kier alpha value is -2.50. The van der Waals surface area contributed by atoms with Gasteiger partial charge in [0.2, 0.25) is 0 Å². The van der Waals surface area contributed by atoms with E-state index >= 15 is 0 Å². The number of allylic oxidation sites excluding steroid dienone is 1. The van der Waals surface area contributed by atoms with Gasteiger partial charge >= 0.3 is 12.0 Å². The number of urea groups is 1. The van der Waals surface area contributed by atoms with Crippen LogP contribution in [0.15, 0.2) is 35.5 Å². The number of nitrogens with one attached hydrogen (secondary N) is 2. The molecular weight excluding hydrogens is 332 g/mol. The van der Waals surface area contributed by atoms with Crippen LogP contribution in [-0.4, -0.2) is 24.7 Å². The summed E-state index contributed by atoms with van der Waals surface area (Å²) in [6.45, 7) is 4.24. The highest BCUT2D eigenvalue weighted by Crippen LogP contribution is 2.30. The molecule has 1 aliphatic carbocycles. The average Bonchev–Trinajstić information content (AvgIpc) is 2.62. The van der Waals surface area contributed by atoms with Crippen LogP contribution in [0.25, 0.3) is 0 Å². The van der Waals surface area contributed by atoms with Gasteiger partial charge in [-0.2, -0.15) is 0 Å². The normalized spacial score (nSPS) is 21.0. The molecule has 26 heavy (non-hydrogen) atoms. The van der Waals surface area contributed by atoms with E-state index in [9.17, 15) is 9.59 Å². The van der Waals surface area contributed by atoms with Crippen molar-refractivity contribution in [2.75, 3.05) is 6.61 Å². The van der Waals surface area contributed by atoms with Crippen LogP contribution in [0, 0.1) is 0 Å². The maximum Gasteiger partial charge on any atom is 0.338 e. The number of carbonyl (C=O) groups is 2. The Morgan fingerprint density at radius 1 is 1.15 bits per heavy atom. The van der Waals surface area contributed by atoms with E-state index in [2.05, 4.69) is 10.6 Å². The van der Waals surface area contributed by atoms with Gasteiger partial charge in [0.1, 0.15) is 11.9 Å². The fraction of sp³-hybridized carbons (Fsp3) is 0.500. The fourth-order valence-electron chi connectivity index (χ4n) is 3.54. The SMILES string of the molecule is CCOc1ccc([C@H]2NC(=O)NC(C)=C2C(=O)OC2CCCCC2)cc1. The second-order valence-electron chi connectivity index (χ2n) is 6.74. The molecule has 1 aromatic rings. The van der Waals surface area contributed by atoms with E-state index < -0.39 is 6.04 Å². The molecule has 1 fully saturated rings. The highest BCUT2D eigenvalue weighted by atomic mass is 16.5. The lowest BCUT2D eigenvalue weighted by Crippen LogP contribution is -2.45. The molecule has 2 aliphatic rings. The monoisotopic (exact) mass is 358 g/mol. The molecule has 6 heteroatoms. The van der Waals surface area contributed by atoms with Crippen molar-refractivity contribution in [1.82, 2.24) is 10.6 Å². The highest BCUT2D eigenvalue weighted by molar-refractivity contribution is 5.95. The second-order valence-corrected chi connectivity index (χ2v) is 6.74. The highest BCUT2D eigenvalue weighted by Gasteiger charge is 2.33. The van der Waals surface area contributed by atoms with Crippen molar-refractivity contribution < 1.29 is 19.1 Å². The van der Waals surface area contributed by atoms with Crippen LogP contribution in [0.4, 0.5) is 4.79 Å². The van der Waals surface area contributed by atoms with Crippen LogP contribution in [0.2, 0.25) is 0 Å². The predicted octanol–water partition coefficient (Wildman–Crippen LogP) is 3.59. The van der Waals surface area contributed by atoms with Crippen molar-refractivity contribution in [3.8, 4) is 5.75 Å². The van der Waals surface area contributed by atoms with Crippen molar-refractivity contribution >= 4 is 12.0 Å². The molecule has 1 atom stereocenters. The third-order valence-corrected chi connectivity index (χ3v) is 4.84. The molecule has 1 aliphatic heterocycles. The molecule has 2 amide bonds. The minimum absolute atomic E-state index is 0.0323. The largest absolute Gasteiger partial charge is 0.494 e. The molecule has 3 rings (SSSR count). The molecule has 2 N–H and O–H groups in total. The number of benzene rings is 1. The Bertz CT molecular complexity index is 690. The van der Waals surface area contributed by atoms with Crippen LogP contribution in [0.1, 0.15) is 57.6 Å². The van der Waals surface area contributed by atoms with Crippen LogP contribution >= 0.6 is 0 Å². The summed E-state index contributed by atoms with van der Waals surface area (Å²) in [5, 5.41) is 5.52. The molecule has 140 valence electrons. The minimum atomic E-state index is -0.532. The molecular formula is C20H26N2O4. The van der Waals surface area contributed by atoms with Crippen molar-refractivity contribution in [1.29, 1.82) is 0 Å². The Labute approximate surface area is 153 Å². The van der Waals surface area contributed by atoms with Crippen molar-refractivity contribution in [3.63, 3.8) is 0 Å². The molecule has 1 heterocycles. The summed E-state index contributed by atoms with van der Waals surface area (Å²) >= 11 is 0. The summed E-state index contributed by atoms with van der Waals surface area (Å²) in [5.41, 5.74) is 1.81. The summed E-state index contributed by atoms with van der Waals surface area (Å²) in [4.78, 5) is 24.8. The number of carbonyl (C=O) groups excluding carboxylic acids is 2. The number of hydrogen-bond donors (Lipinski definition) is 2. The lowest BCUT2D eigenvalue weighted by molar-refractivity contribution is -0.146. The van der Waals surface area contributed by atoms with E-state index in [-0.39, 0.29) is 18.1 Å². The maximum atomic E-state index is 12.8. The van der Waals surface area contributed by atoms with E-state index in [1.807, 2.05) is 31.2 Å². The Kier molecular flexibility index (Phi) is 5.81. The van der Waals surface area contributed by atoms with Gasteiger partial charge in [0, 0.05) is 5.70 Å². The van der Waals surface area contributed by atoms with Gasteiger partial charge in [-0.15, -0.1) is 0 Å². The Balaban J connectivity index is 1.82. The summed E-state index contributed by atoms with van der Waals surface area (Å²) < 4.78 is 11.2. The first-order valence-corrected chi connectivity index (χ1v) is 9.30. The maximum absolute atomic E-state index is 12.8. The lowest BCUT2D eigenvalue weighted by Gasteiger charge is -2.30. The van der Waals surface area contributed by atoms with Crippen molar-refractivity contribution in [2.45, 2.75) is 58.1 Å². The zero-order valence-electron chi connectivity index (χ0n) is 15.3. The standard InChI is InChI=1S/C20H26N2O4/c1-3-25-15-11-9-14(10-12-15)18-17(13(2)21-20(24)22-18)19(23)26-16-7-5-4-6-8-16/h9-12,16,18H,3-8H2,1-2H3,(H2,21,22,24)/t18-/m1/s1. The molecule has 0 spiro atoms. The summed E-state index contributed by atoms with van der Waals surface area (Å²) in [6, 6.07) is 6.55. The zero-order valence-corrected chi connectivity index (χ0v) is 15.3. The summed E-state index contributed by atoms with van der Waals surface area (Å²) in [6.07, 6.45) is 5.16. The van der Waals surface area contributed by atoms with Gasteiger partial charge in [-0.1, -0.05) is 18.6 Å². The molecule has 0 unspecified atom stereocenters. The molecule has 1 aromatic carbocycles. The first kappa shape index (κ1) is 18.3. The van der Waals surface area contributed by atoms with E-state index in [0.717, 1.165) is 37.0 Å². The first-order chi connectivity index (χ1) is 12.6. The second kappa shape index (κ2) is 8.25. The van der Waals surface area contributed by atoms with Gasteiger partial charge in [-0.3, -0.25) is 0 Å². The third kappa shape index (κ3) is 4.18. The molecule has 0 aromatic heterocycles. The summed E-state index contributed by atoms with van der Waals surface area (Å²) in [7, 11) is 0. The minimum Gasteiger partial charge on any atom is -0.494 e. The van der Waals surface area contributed by atoms with Crippen LogP contribution < -0.4 is 15.4 Å². The number of ether oxygens (including phenoxy) is 2. The van der Waals surface area contributed by atoms with Gasteiger partial charge in [-0.25, -0.2) is 9.59 Å². The quantitative estimate of drug-likeness (QED) is 0.789. The van der Waals surface area contributed by atoms with E-state index in [4.69, 9.17) is 9.47 Å². The lowest BCUT2D eigenvalue weighted by atomic mass is 9.94. The predicted molar refractivity (Wildman–Crippen MR) is 97.7 cm³/mol. The number of amides is 2. The molecule has 0 bridgehead atoms. The van der Waals surface area contributed by atoms with E-state index in [0.29, 0.717) is 17.9 Å². The number of esters is 1.